The number of thioether (sulfide) groups is 1. The first-order valence-corrected chi connectivity index (χ1v) is 9.72. The second kappa shape index (κ2) is 11.9. The molecule has 0 spiro atoms. The first kappa shape index (κ1) is 18.3. The number of hydrogen-bond acceptors (Lipinski definition) is 3. The summed E-state index contributed by atoms with van der Waals surface area (Å²) in [6, 6.07) is 0.724. The van der Waals surface area contributed by atoms with Crippen LogP contribution in [0, 0.1) is 0 Å². The third-order valence-electron chi connectivity index (χ3n) is 4.44. The van der Waals surface area contributed by atoms with E-state index in [4.69, 9.17) is 0 Å². The minimum Gasteiger partial charge on any atom is -0.316 e. The molecule has 0 bridgehead atoms. The Morgan fingerprint density at radius 2 is 1.45 bits per heavy atom. The van der Waals surface area contributed by atoms with E-state index in [2.05, 4.69) is 43.1 Å². The third kappa shape index (κ3) is 8.53. The largest absolute Gasteiger partial charge is 0.316 e. The fourth-order valence-electron chi connectivity index (χ4n) is 3.07. The molecule has 1 saturated carbocycles. The molecule has 120 valence electrons. The molecule has 3 heteroatoms. The van der Waals surface area contributed by atoms with Crippen LogP contribution in [0.15, 0.2) is 0 Å². The normalized spacial score (nSPS) is 27.0. The van der Waals surface area contributed by atoms with Crippen LogP contribution in [0.4, 0.5) is 0 Å². The topological polar surface area (TPSA) is 15.3 Å². The number of nitrogens with one attached hydrogen (secondary N) is 1. The predicted octanol–water partition coefficient (Wildman–Crippen LogP) is 4.15. The first-order valence-electron chi connectivity index (χ1n) is 8.67. The SMILES string of the molecule is CNC1CCCCCCCCCCC1SCCN(C)C. The summed E-state index contributed by atoms with van der Waals surface area (Å²) in [5.41, 5.74) is 0. The molecule has 2 atom stereocenters. The molecule has 1 aliphatic carbocycles. The molecule has 0 saturated heterocycles. The van der Waals surface area contributed by atoms with Gasteiger partial charge in [0.1, 0.15) is 0 Å². The molecule has 1 aliphatic rings. The van der Waals surface area contributed by atoms with Gasteiger partial charge >= 0.3 is 0 Å². The van der Waals surface area contributed by atoms with Crippen molar-refractivity contribution in [2.45, 2.75) is 75.5 Å². The van der Waals surface area contributed by atoms with E-state index in [1.165, 1.54) is 76.5 Å². The van der Waals surface area contributed by atoms with Gasteiger partial charge in [0, 0.05) is 23.6 Å². The minimum absolute atomic E-state index is 0.724. The lowest BCUT2D eigenvalue weighted by Crippen LogP contribution is -2.36. The van der Waals surface area contributed by atoms with Gasteiger partial charge in [-0.15, -0.1) is 0 Å². The van der Waals surface area contributed by atoms with Crippen molar-refractivity contribution in [3.8, 4) is 0 Å². The second-order valence-electron chi connectivity index (χ2n) is 6.51. The van der Waals surface area contributed by atoms with Crippen molar-refractivity contribution in [1.82, 2.24) is 10.2 Å². The van der Waals surface area contributed by atoms with Crippen molar-refractivity contribution in [3.63, 3.8) is 0 Å². The van der Waals surface area contributed by atoms with Gasteiger partial charge in [-0.2, -0.15) is 11.8 Å². The van der Waals surface area contributed by atoms with Gasteiger partial charge in [0.2, 0.25) is 0 Å². The van der Waals surface area contributed by atoms with E-state index in [9.17, 15) is 0 Å². The van der Waals surface area contributed by atoms with Crippen LogP contribution < -0.4 is 5.32 Å². The highest BCUT2D eigenvalue weighted by Gasteiger charge is 2.20. The summed E-state index contributed by atoms with van der Waals surface area (Å²) in [6.45, 7) is 1.21. The van der Waals surface area contributed by atoms with Gasteiger partial charge in [0.05, 0.1) is 0 Å². The maximum atomic E-state index is 3.61. The van der Waals surface area contributed by atoms with Gasteiger partial charge < -0.3 is 10.2 Å². The molecule has 0 amide bonds. The molecule has 2 nitrogen and oxygen atoms in total. The molecular formula is C17H36N2S. The Hall–Kier alpha value is 0.270. The van der Waals surface area contributed by atoms with Crippen LogP contribution in [-0.4, -0.2) is 49.6 Å². The summed E-state index contributed by atoms with van der Waals surface area (Å²) < 4.78 is 0. The van der Waals surface area contributed by atoms with E-state index in [0.29, 0.717) is 0 Å². The summed E-state index contributed by atoms with van der Waals surface area (Å²) >= 11 is 2.20. The van der Waals surface area contributed by atoms with E-state index >= 15 is 0 Å². The molecule has 0 heterocycles. The molecule has 1 N–H and O–H groups in total. The van der Waals surface area contributed by atoms with E-state index in [1.807, 2.05) is 0 Å². The van der Waals surface area contributed by atoms with Crippen LogP contribution in [0.5, 0.6) is 0 Å². The summed E-state index contributed by atoms with van der Waals surface area (Å²) in [7, 11) is 6.52. The number of rotatable bonds is 5. The lowest BCUT2D eigenvalue weighted by Gasteiger charge is -2.27. The van der Waals surface area contributed by atoms with Crippen LogP contribution in [0.3, 0.4) is 0 Å². The molecule has 0 aromatic carbocycles. The Morgan fingerprint density at radius 3 is 2.00 bits per heavy atom. The Morgan fingerprint density at radius 1 is 0.900 bits per heavy atom. The smallest absolute Gasteiger partial charge is 0.0201 e. The Kier molecular flexibility index (Phi) is 10.9. The van der Waals surface area contributed by atoms with Crippen molar-refractivity contribution in [1.29, 1.82) is 0 Å². The van der Waals surface area contributed by atoms with Crippen LogP contribution in [0.25, 0.3) is 0 Å². The molecule has 0 radical (unpaired) electrons. The van der Waals surface area contributed by atoms with Crippen LogP contribution in [0.2, 0.25) is 0 Å². The molecule has 20 heavy (non-hydrogen) atoms. The van der Waals surface area contributed by atoms with Gasteiger partial charge in [-0.05, 0) is 34.0 Å². The zero-order chi connectivity index (χ0) is 14.6. The molecule has 1 rings (SSSR count). The zero-order valence-electron chi connectivity index (χ0n) is 14.0. The summed E-state index contributed by atoms with van der Waals surface area (Å²) in [6.07, 6.45) is 14.3. The molecule has 0 aromatic rings. The molecule has 2 unspecified atom stereocenters. The van der Waals surface area contributed by atoms with Crippen molar-refractivity contribution in [2.75, 3.05) is 33.4 Å². The van der Waals surface area contributed by atoms with Gasteiger partial charge in [0.15, 0.2) is 0 Å². The highest BCUT2D eigenvalue weighted by atomic mass is 32.2. The van der Waals surface area contributed by atoms with E-state index in [-0.39, 0.29) is 0 Å². The summed E-state index contributed by atoms with van der Waals surface area (Å²) in [5.74, 6) is 1.27. The van der Waals surface area contributed by atoms with Gasteiger partial charge in [0.25, 0.3) is 0 Å². The van der Waals surface area contributed by atoms with Crippen LogP contribution in [-0.2, 0) is 0 Å². The van der Waals surface area contributed by atoms with E-state index < -0.39 is 0 Å². The monoisotopic (exact) mass is 300 g/mol. The molecule has 0 aliphatic heterocycles. The molecule has 0 aromatic heterocycles. The average molecular weight is 301 g/mol. The van der Waals surface area contributed by atoms with Crippen LogP contribution >= 0.6 is 11.8 Å². The average Bonchev–Trinajstić information content (AvgIpc) is 2.41. The quantitative estimate of drug-likeness (QED) is 0.821. The lowest BCUT2D eigenvalue weighted by molar-refractivity contribution is 0.427. The van der Waals surface area contributed by atoms with Crippen molar-refractivity contribution in [2.24, 2.45) is 0 Å². The summed E-state index contributed by atoms with van der Waals surface area (Å²) in [4.78, 5) is 2.30. The Balaban J connectivity index is 2.42. The number of hydrogen-bond donors (Lipinski definition) is 1. The lowest BCUT2D eigenvalue weighted by atomic mass is 9.97. The Bertz CT molecular complexity index is 221. The highest BCUT2D eigenvalue weighted by Crippen LogP contribution is 2.25. The van der Waals surface area contributed by atoms with Gasteiger partial charge in [-0.1, -0.05) is 51.4 Å². The maximum Gasteiger partial charge on any atom is 0.0201 e. The van der Waals surface area contributed by atoms with E-state index in [1.54, 1.807) is 0 Å². The Labute approximate surface area is 131 Å². The van der Waals surface area contributed by atoms with Gasteiger partial charge in [-0.3, -0.25) is 0 Å². The van der Waals surface area contributed by atoms with E-state index in [0.717, 1.165) is 11.3 Å². The van der Waals surface area contributed by atoms with Crippen molar-refractivity contribution in [3.05, 3.63) is 0 Å². The predicted molar refractivity (Wildman–Crippen MR) is 93.8 cm³/mol. The minimum atomic E-state index is 0.724. The van der Waals surface area contributed by atoms with Crippen molar-refractivity contribution < 1.29 is 0 Å². The standard InChI is InChI=1S/C17H36N2S/c1-18-16-12-10-8-6-4-5-7-9-11-13-17(16)20-15-14-19(2)3/h16-18H,4-15H2,1-3H3. The third-order valence-corrected chi connectivity index (χ3v) is 5.85. The fraction of sp³-hybridized carbons (Fsp3) is 1.00. The first-order chi connectivity index (χ1) is 9.74. The van der Waals surface area contributed by atoms with Gasteiger partial charge in [-0.25, -0.2) is 0 Å². The maximum absolute atomic E-state index is 3.61. The fourth-order valence-corrected chi connectivity index (χ4v) is 4.68. The van der Waals surface area contributed by atoms with Crippen molar-refractivity contribution >= 4 is 11.8 Å². The zero-order valence-corrected chi connectivity index (χ0v) is 14.8. The van der Waals surface area contributed by atoms with Crippen LogP contribution in [0.1, 0.15) is 64.2 Å². The highest BCUT2D eigenvalue weighted by molar-refractivity contribution is 8.00. The number of nitrogens with zero attached hydrogens (tertiary/aromatic N) is 1. The summed E-state index contributed by atoms with van der Waals surface area (Å²) in [5, 5.41) is 4.43. The molecule has 1 fully saturated rings. The second-order valence-corrected chi connectivity index (χ2v) is 7.86. The molecular weight excluding hydrogens is 264 g/mol.